The molecule has 31 heavy (non-hydrogen) atoms. The predicted octanol–water partition coefficient (Wildman–Crippen LogP) is 4.70. The maximum atomic E-state index is 13.4. The van der Waals surface area contributed by atoms with Crippen LogP contribution in [-0.2, 0) is 17.9 Å². The third kappa shape index (κ3) is 4.50. The Balaban J connectivity index is 1.64. The average molecular weight is 452 g/mol. The Hall–Kier alpha value is -3.10. The van der Waals surface area contributed by atoms with Crippen molar-refractivity contribution in [3.8, 4) is 11.1 Å². The van der Waals surface area contributed by atoms with Gasteiger partial charge in [0.1, 0.15) is 10.6 Å². The van der Waals surface area contributed by atoms with E-state index in [0.29, 0.717) is 34.2 Å². The van der Waals surface area contributed by atoms with E-state index in [2.05, 4.69) is 11.9 Å². The molecule has 4 aromatic rings. The minimum Gasteiger partial charge on any atom is -0.467 e. The number of rotatable bonds is 8. The number of carbonyl (C=O) groups is 1. The molecule has 1 amide bonds. The summed E-state index contributed by atoms with van der Waals surface area (Å²) in [5, 5.41) is 5.46. The number of aromatic nitrogens is 2. The number of benzene rings is 1. The molecule has 0 aliphatic heterocycles. The number of thiophene rings is 1. The van der Waals surface area contributed by atoms with E-state index < -0.39 is 5.25 Å². The zero-order valence-corrected chi connectivity index (χ0v) is 18.5. The summed E-state index contributed by atoms with van der Waals surface area (Å²) in [7, 11) is 0. The fraction of sp³-hybridized carbons (Fsp3) is 0.174. The van der Waals surface area contributed by atoms with Crippen LogP contribution in [0.5, 0.6) is 0 Å². The summed E-state index contributed by atoms with van der Waals surface area (Å²) in [5.74, 6) is 0.526. The highest BCUT2D eigenvalue weighted by Crippen LogP contribution is 2.32. The Labute approximate surface area is 187 Å². The molecule has 0 spiro atoms. The van der Waals surface area contributed by atoms with Crippen LogP contribution in [0.2, 0.25) is 0 Å². The molecule has 3 aromatic heterocycles. The first kappa shape index (κ1) is 21.1. The minimum atomic E-state index is -0.441. The summed E-state index contributed by atoms with van der Waals surface area (Å²) < 4.78 is 6.83. The summed E-state index contributed by atoms with van der Waals surface area (Å²) in [5.41, 5.74) is 1.72. The van der Waals surface area contributed by atoms with E-state index in [4.69, 9.17) is 9.40 Å². The van der Waals surface area contributed by atoms with E-state index in [0.717, 1.165) is 11.1 Å². The fourth-order valence-corrected chi connectivity index (χ4v) is 5.09. The molecule has 0 aliphatic rings. The van der Waals surface area contributed by atoms with Crippen molar-refractivity contribution >= 4 is 39.2 Å². The van der Waals surface area contributed by atoms with Crippen LogP contribution < -0.4 is 10.9 Å². The molecule has 0 saturated heterocycles. The Kier molecular flexibility index (Phi) is 6.39. The van der Waals surface area contributed by atoms with Crippen molar-refractivity contribution in [1.82, 2.24) is 14.9 Å². The van der Waals surface area contributed by atoms with Crippen LogP contribution >= 0.6 is 23.1 Å². The normalized spacial score (nSPS) is 12.0. The SMILES string of the molecule is C=CCn1c(SC(C)C(=O)NCc2ccco2)nc2scc(-c3ccccc3)c2c1=O. The molecule has 0 saturated carbocycles. The highest BCUT2D eigenvalue weighted by atomic mass is 32.2. The van der Waals surface area contributed by atoms with Gasteiger partial charge in [-0.05, 0) is 24.6 Å². The quantitative estimate of drug-likeness (QED) is 0.239. The Morgan fingerprint density at radius 2 is 2.13 bits per heavy atom. The summed E-state index contributed by atoms with van der Waals surface area (Å²) in [4.78, 5) is 31.3. The van der Waals surface area contributed by atoms with Gasteiger partial charge < -0.3 is 9.73 Å². The van der Waals surface area contributed by atoms with Gasteiger partial charge in [-0.25, -0.2) is 4.98 Å². The standard InChI is InChI=1S/C23H21N3O3S2/c1-3-11-26-22(28)19-18(16-8-5-4-6-9-16)14-30-21(19)25-23(26)31-15(2)20(27)24-13-17-10-7-12-29-17/h3-10,12,14-15H,1,11,13H2,2H3,(H,24,27). The second-order valence-corrected chi connectivity index (χ2v) is 9.02. The van der Waals surface area contributed by atoms with Crippen molar-refractivity contribution in [2.45, 2.75) is 30.4 Å². The third-order valence-corrected chi connectivity index (χ3v) is 6.69. The number of furan rings is 1. The van der Waals surface area contributed by atoms with Crippen molar-refractivity contribution < 1.29 is 9.21 Å². The first-order valence-corrected chi connectivity index (χ1v) is 11.5. The molecule has 0 aliphatic carbocycles. The van der Waals surface area contributed by atoms with Crippen molar-refractivity contribution in [1.29, 1.82) is 0 Å². The number of hydrogen-bond donors (Lipinski definition) is 1. The van der Waals surface area contributed by atoms with Crippen LogP contribution in [0.1, 0.15) is 12.7 Å². The van der Waals surface area contributed by atoms with E-state index in [-0.39, 0.29) is 11.5 Å². The lowest BCUT2D eigenvalue weighted by Gasteiger charge is -2.15. The molecule has 0 fully saturated rings. The number of amides is 1. The van der Waals surface area contributed by atoms with Gasteiger partial charge in [-0.2, -0.15) is 0 Å². The van der Waals surface area contributed by atoms with Gasteiger partial charge in [-0.3, -0.25) is 14.2 Å². The minimum absolute atomic E-state index is 0.129. The number of thioether (sulfide) groups is 1. The molecule has 1 unspecified atom stereocenters. The highest BCUT2D eigenvalue weighted by molar-refractivity contribution is 8.00. The topological polar surface area (TPSA) is 77.1 Å². The first-order valence-electron chi connectivity index (χ1n) is 9.73. The fourth-order valence-electron chi connectivity index (χ4n) is 3.16. The zero-order chi connectivity index (χ0) is 21.8. The van der Waals surface area contributed by atoms with Gasteiger partial charge in [0.05, 0.1) is 23.4 Å². The number of fused-ring (bicyclic) bond motifs is 1. The molecule has 3 heterocycles. The van der Waals surface area contributed by atoms with Gasteiger partial charge in [0.15, 0.2) is 5.16 Å². The summed E-state index contributed by atoms with van der Waals surface area (Å²) >= 11 is 2.69. The molecule has 1 N–H and O–H groups in total. The largest absolute Gasteiger partial charge is 0.467 e. The molecule has 1 atom stereocenters. The van der Waals surface area contributed by atoms with Gasteiger partial charge in [0.25, 0.3) is 5.56 Å². The van der Waals surface area contributed by atoms with Crippen LogP contribution in [0.15, 0.2) is 81.1 Å². The van der Waals surface area contributed by atoms with Gasteiger partial charge in [0, 0.05) is 17.5 Å². The van der Waals surface area contributed by atoms with Crippen LogP contribution in [0.3, 0.4) is 0 Å². The Morgan fingerprint density at radius 1 is 1.32 bits per heavy atom. The van der Waals surface area contributed by atoms with E-state index in [1.807, 2.05) is 35.7 Å². The van der Waals surface area contributed by atoms with Crippen molar-refractivity contribution in [2.24, 2.45) is 0 Å². The third-order valence-electron chi connectivity index (χ3n) is 4.72. The van der Waals surface area contributed by atoms with Crippen LogP contribution in [0, 0.1) is 0 Å². The molecule has 0 bridgehead atoms. The average Bonchev–Trinajstić information content (AvgIpc) is 3.45. The summed E-state index contributed by atoms with van der Waals surface area (Å²) in [6.07, 6.45) is 3.23. The molecule has 6 nitrogen and oxygen atoms in total. The molecule has 4 rings (SSSR count). The molecular weight excluding hydrogens is 430 g/mol. The van der Waals surface area contributed by atoms with Crippen molar-refractivity contribution in [3.05, 3.63) is 82.9 Å². The molecule has 1 aromatic carbocycles. The van der Waals surface area contributed by atoms with Gasteiger partial charge in [0.2, 0.25) is 5.91 Å². The number of carbonyl (C=O) groups excluding carboxylic acids is 1. The first-order chi connectivity index (χ1) is 15.1. The molecule has 158 valence electrons. The lowest BCUT2D eigenvalue weighted by molar-refractivity contribution is -0.120. The van der Waals surface area contributed by atoms with Crippen LogP contribution in [0.25, 0.3) is 21.3 Å². The monoisotopic (exact) mass is 451 g/mol. The zero-order valence-electron chi connectivity index (χ0n) is 16.9. The van der Waals surface area contributed by atoms with Gasteiger partial charge >= 0.3 is 0 Å². The predicted molar refractivity (Wildman–Crippen MR) is 125 cm³/mol. The van der Waals surface area contributed by atoms with Crippen LogP contribution in [-0.4, -0.2) is 20.7 Å². The van der Waals surface area contributed by atoms with Crippen molar-refractivity contribution in [2.75, 3.05) is 0 Å². The van der Waals surface area contributed by atoms with E-state index in [1.54, 1.807) is 36.0 Å². The summed E-state index contributed by atoms with van der Waals surface area (Å²) in [6.45, 7) is 6.19. The summed E-state index contributed by atoms with van der Waals surface area (Å²) in [6, 6.07) is 13.4. The maximum Gasteiger partial charge on any atom is 0.263 e. The lowest BCUT2D eigenvalue weighted by atomic mass is 10.1. The number of allylic oxidation sites excluding steroid dienone is 1. The molecular formula is C23H21N3O3S2. The Bertz CT molecular complexity index is 1260. The van der Waals surface area contributed by atoms with Gasteiger partial charge in [-0.1, -0.05) is 48.2 Å². The lowest BCUT2D eigenvalue weighted by Crippen LogP contribution is -2.31. The number of nitrogens with one attached hydrogen (secondary N) is 1. The van der Waals surface area contributed by atoms with E-state index in [1.165, 1.54) is 23.1 Å². The van der Waals surface area contributed by atoms with E-state index in [9.17, 15) is 9.59 Å². The molecule has 8 heteroatoms. The van der Waals surface area contributed by atoms with Gasteiger partial charge in [-0.15, -0.1) is 17.9 Å². The number of hydrogen-bond acceptors (Lipinski definition) is 6. The second kappa shape index (κ2) is 9.36. The smallest absolute Gasteiger partial charge is 0.263 e. The van der Waals surface area contributed by atoms with Crippen LogP contribution in [0.4, 0.5) is 0 Å². The second-order valence-electron chi connectivity index (χ2n) is 6.85. The Morgan fingerprint density at radius 3 is 2.84 bits per heavy atom. The highest BCUT2D eigenvalue weighted by Gasteiger charge is 2.21. The van der Waals surface area contributed by atoms with Crippen molar-refractivity contribution in [3.63, 3.8) is 0 Å². The number of nitrogens with zero attached hydrogens (tertiary/aromatic N) is 2. The van der Waals surface area contributed by atoms with E-state index >= 15 is 0 Å². The molecule has 0 radical (unpaired) electrons. The maximum absolute atomic E-state index is 13.4.